The third-order valence-electron chi connectivity index (χ3n) is 3.74. The fourth-order valence-corrected chi connectivity index (χ4v) is 2.63. The number of benzene rings is 1. The molecule has 0 saturated heterocycles. The van der Waals surface area contributed by atoms with Gasteiger partial charge in [-0.25, -0.2) is 4.98 Å². The van der Waals surface area contributed by atoms with Gasteiger partial charge in [-0.15, -0.1) is 0 Å². The molecule has 0 aliphatic heterocycles. The summed E-state index contributed by atoms with van der Waals surface area (Å²) in [5.74, 6) is 1.86. The summed E-state index contributed by atoms with van der Waals surface area (Å²) in [7, 11) is 0. The highest BCUT2D eigenvalue weighted by molar-refractivity contribution is 5.78. The van der Waals surface area contributed by atoms with Crippen LogP contribution >= 0.6 is 0 Å². The second-order valence-corrected chi connectivity index (χ2v) is 6.45. The van der Waals surface area contributed by atoms with E-state index in [1.165, 1.54) is 0 Å². The van der Waals surface area contributed by atoms with E-state index >= 15 is 0 Å². The van der Waals surface area contributed by atoms with Gasteiger partial charge in [-0.05, 0) is 36.6 Å². The smallest absolute Gasteiger partial charge is 0.258 e. The first-order valence-corrected chi connectivity index (χ1v) is 8.31. The quantitative estimate of drug-likeness (QED) is 0.688. The van der Waals surface area contributed by atoms with Gasteiger partial charge in [0.25, 0.3) is 11.8 Å². The standard InChI is InChI=1S/C18H22N4O3/c1-11(2)8-15(18-20-13-6-4-5-7-14(13)21-18)19-16(23)10-24-17-9-12(3)25-22-17/h4-7,9,11,15H,8,10H2,1-3H3,(H,19,23)(H,20,21). The Balaban J connectivity index is 1.68. The molecular weight excluding hydrogens is 320 g/mol. The van der Waals surface area contributed by atoms with Crippen molar-refractivity contribution in [1.82, 2.24) is 20.4 Å². The van der Waals surface area contributed by atoms with Crippen molar-refractivity contribution in [3.63, 3.8) is 0 Å². The minimum absolute atomic E-state index is 0.124. The summed E-state index contributed by atoms with van der Waals surface area (Å²) in [6.45, 7) is 5.86. The highest BCUT2D eigenvalue weighted by Crippen LogP contribution is 2.22. The zero-order valence-electron chi connectivity index (χ0n) is 14.6. The number of carbonyl (C=O) groups excluding carboxylic acids is 1. The zero-order chi connectivity index (χ0) is 17.8. The van der Waals surface area contributed by atoms with Crippen molar-refractivity contribution in [1.29, 1.82) is 0 Å². The number of para-hydroxylation sites is 2. The van der Waals surface area contributed by atoms with Crippen LogP contribution in [0.2, 0.25) is 0 Å². The van der Waals surface area contributed by atoms with E-state index in [4.69, 9.17) is 9.26 Å². The van der Waals surface area contributed by atoms with E-state index in [0.29, 0.717) is 17.6 Å². The van der Waals surface area contributed by atoms with Crippen molar-refractivity contribution in [3.8, 4) is 5.88 Å². The van der Waals surface area contributed by atoms with Crippen LogP contribution in [-0.2, 0) is 4.79 Å². The molecule has 0 spiro atoms. The predicted octanol–water partition coefficient (Wildman–Crippen LogP) is 3.14. The molecule has 1 atom stereocenters. The van der Waals surface area contributed by atoms with E-state index in [9.17, 15) is 4.79 Å². The van der Waals surface area contributed by atoms with Crippen LogP contribution in [0.15, 0.2) is 34.9 Å². The molecule has 132 valence electrons. The fraction of sp³-hybridized carbons (Fsp3) is 0.389. The number of carbonyl (C=O) groups is 1. The molecule has 2 N–H and O–H groups in total. The van der Waals surface area contributed by atoms with Crippen molar-refractivity contribution in [2.75, 3.05) is 6.61 Å². The van der Waals surface area contributed by atoms with Crippen molar-refractivity contribution < 1.29 is 14.1 Å². The normalized spacial score (nSPS) is 12.5. The van der Waals surface area contributed by atoms with Gasteiger partial charge in [-0.3, -0.25) is 4.79 Å². The fourth-order valence-electron chi connectivity index (χ4n) is 2.63. The lowest BCUT2D eigenvalue weighted by Gasteiger charge is -2.18. The molecule has 0 fully saturated rings. The first kappa shape index (κ1) is 17.0. The molecule has 1 unspecified atom stereocenters. The molecule has 7 nitrogen and oxygen atoms in total. The van der Waals surface area contributed by atoms with Crippen LogP contribution in [0.25, 0.3) is 11.0 Å². The summed E-state index contributed by atoms with van der Waals surface area (Å²) in [4.78, 5) is 20.2. The summed E-state index contributed by atoms with van der Waals surface area (Å²) in [5.41, 5.74) is 1.84. The molecule has 0 aliphatic rings. The molecule has 0 saturated carbocycles. The Bertz CT molecular complexity index is 820. The number of nitrogens with zero attached hydrogens (tertiary/aromatic N) is 2. The Morgan fingerprint density at radius 2 is 2.16 bits per heavy atom. The highest BCUT2D eigenvalue weighted by atomic mass is 16.5. The Morgan fingerprint density at radius 3 is 2.84 bits per heavy atom. The van der Waals surface area contributed by atoms with E-state index in [-0.39, 0.29) is 18.6 Å². The largest absolute Gasteiger partial charge is 0.465 e. The first-order chi connectivity index (χ1) is 12.0. The van der Waals surface area contributed by atoms with Gasteiger partial charge in [0.1, 0.15) is 11.6 Å². The van der Waals surface area contributed by atoms with E-state index in [0.717, 1.165) is 23.3 Å². The van der Waals surface area contributed by atoms with Gasteiger partial charge in [-0.2, -0.15) is 0 Å². The molecule has 2 heterocycles. The lowest BCUT2D eigenvalue weighted by molar-refractivity contribution is -0.124. The number of hydrogen-bond donors (Lipinski definition) is 2. The van der Waals surface area contributed by atoms with Gasteiger partial charge in [0.2, 0.25) is 0 Å². The summed E-state index contributed by atoms with van der Waals surface area (Å²) < 4.78 is 10.3. The Morgan fingerprint density at radius 1 is 1.36 bits per heavy atom. The number of H-pyrrole nitrogens is 1. The average Bonchev–Trinajstić information content (AvgIpc) is 3.17. The van der Waals surface area contributed by atoms with Crippen LogP contribution in [-0.4, -0.2) is 27.6 Å². The molecule has 3 rings (SSSR count). The van der Waals surface area contributed by atoms with Gasteiger partial charge in [0.15, 0.2) is 6.61 Å². The monoisotopic (exact) mass is 342 g/mol. The summed E-state index contributed by atoms with van der Waals surface area (Å²) in [6.07, 6.45) is 0.772. The number of fused-ring (bicyclic) bond motifs is 1. The van der Waals surface area contributed by atoms with Crippen LogP contribution in [0, 0.1) is 12.8 Å². The maximum atomic E-state index is 12.3. The summed E-state index contributed by atoms with van der Waals surface area (Å²) >= 11 is 0. The topological polar surface area (TPSA) is 93.0 Å². The molecule has 7 heteroatoms. The van der Waals surface area contributed by atoms with Crippen LogP contribution in [0.5, 0.6) is 5.88 Å². The minimum atomic E-state index is -0.230. The third-order valence-corrected chi connectivity index (χ3v) is 3.74. The number of aromatic amines is 1. The first-order valence-electron chi connectivity index (χ1n) is 8.31. The van der Waals surface area contributed by atoms with Crippen LogP contribution in [0.4, 0.5) is 0 Å². The average molecular weight is 342 g/mol. The third kappa shape index (κ3) is 4.37. The van der Waals surface area contributed by atoms with Crippen molar-refractivity contribution in [3.05, 3.63) is 41.9 Å². The number of amides is 1. The molecular formula is C18H22N4O3. The number of hydrogen-bond acceptors (Lipinski definition) is 5. The van der Waals surface area contributed by atoms with Gasteiger partial charge in [-0.1, -0.05) is 26.0 Å². The van der Waals surface area contributed by atoms with Crippen LogP contribution in [0.1, 0.15) is 37.9 Å². The van der Waals surface area contributed by atoms with Crippen LogP contribution in [0.3, 0.4) is 0 Å². The molecule has 1 aromatic carbocycles. The molecule has 0 bridgehead atoms. The van der Waals surface area contributed by atoms with E-state index < -0.39 is 0 Å². The highest BCUT2D eigenvalue weighted by Gasteiger charge is 2.20. The second-order valence-electron chi connectivity index (χ2n) is 6.45. The number of imidazole rings is 1. The molecule has 0 aliphatic carbocycles. The van der Waals surface area contributed by atoms with Gasteiger partial charge < -0.3 is 19.6 Å². The van der Waals surface area contributed by atoms with Crippen molar-refractivity contribution >= 4 is 16.9 Å². The molecule has 2 aromatic heterocycles. The molecule has 1 amide bonds. The van der Waals surface area contributed by atoms with Crippen molar-refractivity contribution in [2.24, 2.45) is 5.92 Å². The predicted molar refractivity (Wildman–Crippen MR) is 93.2 cm³/mol. The van der Waals surface area contributed by atoms with Crippen LogP contribution < -0.4 is 10.1 Å². The number of ether oxygens (including phenoxy) is 1. The maximum absolute atomic E-state index is 12.3. The summed E-state index contributed by atoms with van der Waals surface area (Å²) in [5, 5.41) is 6.69. The zero-order valence-corrected chi connectivity index (χ0v) is 14.6. The van der Waals surface area contributed by atoms with Gasteiger partial charge in [0, 0.05) is 6.07 Å². The maximum Gasteiger partial charge on any atom is 0.258 e. The molecule has 25 heavy (non-hydrogen) atoms. The number of aromatic nitrogens is 3. The Hall–Kier alpha value is -2.83. The minimum Gasteiger partial charge on any atom is -0.465 e. The van der Waals surface area contributed by atoms with E-state index in [1.54, 1.807) is 13.0 Å². The van der Waals surface area contributed by atoms with E-state index in [1.807, 2.05) is 24.3 Å². The summed E-state index contributed by atoms with van der Waals surface area (Å²) in [6, 6.07) is 9.24. The van der Waals surface area contributed by atoms with Gasteiger partial charge in [0.05, 0.1) is 17.1 Å². The Kier molecular flexibility index (Phi) is 5.02. The lowest BCUT2D eigenvalue weighted by atomic mass is 10.0. The second kappa shape index (κ2) is 7.38. The number of rotatable bonds is 7. The number of nitrogens with one attached hydrogen (secondary N) is 2. The SMILES string of the molecule is Cc1cc(OCC(=O)NC(CC(C)C)c2nc3ccccc3[nH]2)no1. The molecule has 3 aromatic rings. The van der Waals surface area contributed by atoms with Gasteiger partial charge >= 0.3 is 0 Å². The molecule has 0 radical (unpaired) electrons. The van der Waals surface area contributed by atoms with E-state index in [2.05, 4.69) is 34.3 Å². The number of aryl methyl sites for hydroxylation is 1. The lowest BCUT2D eigenvalue weighted by Crippen LogP contribution is -2.34. The van der Waals surface area contributed by atoms with Crippen molar-refractivity contribution in [2.45, 2.75) is 33.2 Å². The Labute approximate surface area is 145 Å².